The lowest BCUT2D eigenvalue weighted by molar-refractivity contribution is 0.317. The summed E-state index contributed by atoms with van der Waals surface area (Å²) in [6, 6.07) is 0.860. The fourth-order valence-corrected chi connectivity index (χ4v) is 2.93. The minimum absolute atomic E-state index is 0.369. The van der Waals surface area contributed by atoms with Crippen molar-refractivity contribution in [2.24, 2.45) is 5.92 Å². The Balaban J connectivity index is 2.19. The van der Waals surface area contributed by atoms with Crippen molar-refractivity contribution in [2.75, 3.05) is 30.9 Å². The van der Waals surface area contributed by atoms with Crippen LogP contribution in [0.4, 0.5) is 11.9 Å². The van der Waals surface area contributed by atoms with E-state index >= 15 is 0 Å². The summed E-state index contributed by atoms with van der Waals surface area (Å²) in [7, 11) is 3.66. The van der Waals surface area contributed by atoms with E-state index in [0.29, 0.717) is 29.9 Å². The predicted octanol–water partition coefficient (Wildman–Crippen LogP) is 2.72. The maximum atomic E-state index is 5.21. The Morgan fingerprint density at radius 1 is 1.24 bits per heavy atom. The Hall–Kier alpha value is -1.59. The first-order chi connectivity index (χ1) is 10.2. The summed E-state index contributed by atoms with van der Waals surface area (Å²) in [6.45, 7) is 5.27. The average Bonchev–Trinajstić information content (AvgIpc) is 2.52. The molecule has 1 aromatic rings. The topological polar surface area (TPSA) is 63.2 Å². The van der Waals surface area contributed by atoms with E-state index in [0.717, 1.165) is 13.0 Å². The number of rotatable bonds is 6. The van der Waals surface area contributed by atoms with E-state index in [2.05, 4.69) is 46.1 Å². The van der Waals surface area contributed by atoms with Gasteiger partial charge in [-0.25, -0.2) is 0 Å². The van der Waals surface area contributed by atoms with Crippen LogP contribution in [0.25, 0.3) is 0 Å². The van der Waals surface area contributed by atoms with Crippen LogP contribution in [0.5, 0.6) is 6.01 Å². The summed E-state index contributed by atoms with van der Waals surface area (Å²) in [6.07, 6.45) is 6.11. The molecule has 0 amide bonds. The second-order valence-electron chi connectivity index (χ2n) is 5.81. The molecule has 1 aromatic heterocycles. The predicted molar refractivity (Wildman–Crippen MR) is 85.0 cm³/mol. The molecule has 0 aliphatic heterocycles. The van der Waals surface area contributed by atoms with Crippen LogP contribution in [-0.2, 0) is 0 Å². The molecule has 1 N–H and O–H groups in total. The van der Waals surface area contributed by atoms with E-state index in [9.17, 15) is 0 Å². The highest BCUT2D eigenvalue weighted by molar-refractivity contribution is 5.39. The monoisotopic (exact) mass is 293 g/mol. The Bertz CT molecular complexity index is 454. The average molecular weight is 293 g/mol. The zero-order chi connectivity index (χ0) is 15.2. The maximum Gasteiger partial charge on any atom is 0.322 e. The van der Waals surface area contributed by atoms with Gasteiger partial charge in [-0.1, -0.05) is 26.7 Å². The molecule has 1 aliphatic carbocycles. The van der Waals surface area contributed by atoms with Gasteiger partial charge >= 0.3 is 6.01 Å². The van der Waals surface area contributed by atoms with Gasteiger partial charge in [0.05, 0.1) is 7.11 Å². The number of hydrogen-bond acceptors (Lipinski definition) is 6. The molecule has 21 heavy (non-hydrogen) atoms. The number of aromatic nitrogens is 3. The summed E-state index contributed by atoms with van der Waals surface area (Å²) in [4.78, 5) is 15.4. The molecule has 0 spiro atoms. The summed E-state index contributed by atoms with van der Waals surface area (Å²) >= 11 is 0. The van der Waals surface area contributed by atoms with Gasteiger partial charge in [0.2, 0.25) is 11.9 Å². The minimum Gasteiger partial charge on any atom is -0.467 e. The number of methoxy groups -OCH3 is 1. The van der Waals surface area contributed by atoms with Crippen LogP contribution < -0.4 is 15.0 Å². The third-order valence-electron chi connectivity index (χ3n) is 4.20. The van der Waals surface area contributed by atoms with Gasteiger partial charge < -0.3 is 15.0 Å². The van der Waals surface area contributed by atoms with E-state index in [1.165, 1.54) is 25.7 Å². The minimum atomic E-state index is 0.369. The van der Waals surface area contributed by atoms with Crippen molar-refractivity contribution in [3.05, 3.63) is 0 Å². The highest BCUT2D eigenvalue weighted by Crippen LogP contribution is 2.29. The quantitative estimate of drug-likeness (QED) is 0.870. The largest absolute Gasteiger partial charge is 0.467 e. The van der Waals surface area contributed by atoms with Crippen LogP contribution in [0.2, 0.25) is 0 Å². The Morgan fingerprint density at radius 3 is 2.67 bits per heavy atom. The van der Waals surface area contributed by atoms with E-state index in [1.807, 2.05) is 0 Å². The Labute approximate surface area is 127 Å². The molecule has 1 saturated carbocycles. The van der Waals surface area contributed by atoms with Gasteiger partial charge in [-0.05, 0) is 25.2 Å². The molecule has 0 saturated heterocycles. The lowest BCUT2D eigenvalue weighted by Gasteiger charge is -2.36. The highest BCUT2D eigenvalue weighted by atomic mass is 16.5. The highest BCUT2D eigenvalue weighted by Gasteiger charge is 2.27. The van der Waals surface area contributed by atoms with Crippen LogP contribution in [0, 0.1) is 5.92 Å². The molecule has 6 heteroatoms. The molecule has 2 atom stereocenters. The van der Waals surface area contributed by atoms with Gasteiger partial charge in [-0.2, -0.15) is 15.0 Å². The summed E-state index contributed by atoms with van der Waals surface area (Å²) < 4.78 is 5.21. The second-order valence-corrected chi connectivity index (χ2v) is 5.81. The number of hydrogen-bond donors (Lipinski definition) is 1. The van der Waals surface area contributed by atoms with E-state index < -0.39 is 0 Å². The van der Waals surface area contributed by atoms with Crippen molar-refractivity contribution < 1.29 is 4.74 Å². The van der Waals surface area contributed by atoms with Crippen molar-refractivity contribution in [3.63, 3.8) is 0 Å². The molecule has 0 radical (unpaired) electrons. The molecular weight excluding hydrogens is 266 g/mol. The summed E-state index contributed by atoms with van der Waals surface area (Å²) in [5.41, 5.74) is 0. The Morgan fingerprint density at radius 2 is 2.00 bits per heavy atom. The molecule has 0 bridgehead atoms. The molecule has 2 unspecified atom stereocenters. The van der Waals surface area contributed by atoms with Gasteiger partial charge in [0, 0.05) is 19.6 Å². The lowest BCUT2D eigenvalue weighted by atomic mass is 9.85. The van der Waals surface area contributed by atoms with Gasteiger partial charge in [0.15, 0.2) is 0 Å². The molecule has 2 rings (SSSR count). The maximum absolute atomic E-state index is 5.21. The number of nitrogens with zero attached hydrogens (tertiary/aromatic N) is 4. The standard InChI is InChI=1S/C15H27N5O/c1-5-10-16-13-17-14(19-15(18-13)21-4)20(3)12-9-7-6-8-11(12)2/h11-12H,5-10H2,1-4H3,(H,16,17,18,19). The summed E-state index contributed by atoms with van der Waals surface area (Å²) in [5, 5.41) is 3.21. The van der Waals surface area contributed by atoms with Gasteiger partial charge in [0.1, 0.15) is 0 Å². The van der Waals surface area contributed by atoms with Crippen LogP contribution in [0.15, 0.2) is 0 Å². The van der Waals surface area contributed by atoms with E-state index in [1.54, 1.807) is 7.11 Å². The third-order valence-corrected chi connectivity index (χ3v) is 4.20. The number of ether oxygens (including phenoxy) is 1. The van der Waals surface area contributed by atoms with Gasteiger partial charge in [-0.3, -0.25) is 0 Å². The second kappa shape index (κ2) is 7.43. The van der Waals surface area contributed by atoms with Crippen molar-refractivity contribution in [3.8, 4) is 6.01 Å². The van der Waals surface area contributed by atoms with Crippen molar-refractivity contribution >= 4 is 11.9 Å². The number of nitrogens with one attached hydrogen (secondary N) is 1. The SMILES string of the molecule is CCCNc1nc(OC)nc(N(C)C2CCCCC2C)n1. The Kier molecular flexibility index (Phi) is 5.59. The first-order valence-electron chi connectivity index (χ1n) is 7.92. The van der Waals surface area contributed by atoms with Crippen LogP contribution in [0.3, 0.4) is 0 Å². The van der Waals surface area contributed by atoms with Crippen LogP contribution in [0.1, 0.15) is 46.0 Å². The molecule has 0 aromatic carbocycles. The van der Waals surface area contributed by atoms with Crippen molar-refractivity contribution in [2.45, 2.75) is 52.0 Å². The zero-order valence-corrected chi connectivity index (χ0v) is 13.6. The smallest absolute Gasteiger partial charge is 0.322 e. The van der Waals surface area contributed by atoms with Gasteiger partial charge in [-0.15, -0.1) is 0 Å². The van der Waals surface area contributed by atoms with Crippen molar-refractivity contribution in [1.29, 1.82) is 0 Å². The van der Waals surface area contributed by atoms with Crippen LogP contribution >= 0.6 is 0 Å². The fraction of sp³-hybridized carbons (Fsp3) is 0.800. The fourth-order valence-electron chi connectivity index (χ4n) is 2.93. The molecular formula is C15H27N5O. The molecule has 1 aliphatic rings. The van der Waals surface area contributed by atoms with Crippen molar-refractivity contribution in [1.82, 2.24) is 15.0 Å². The van der Waals surface area contributed by atoms with Gasteiger partial charge in [0.25, 0.3) is 0 Å². The first kappa shape index (κ1) is 15.8. The van der Waals surface area contributed by atoms with Crippen LogP contribution in [-0.4, -0.2) is 41.7 Å². The molecule has 6 nitrogen and oxygen atoms in total. The molecule has 1 fully saturated rings. The normalized spacial score (nSPS) is 21.9. The third kappa shape index (κ3) is 3.95. The van der Waals surface area contributed by atoms with E-state index in [4.69, 9.17) is 4.74 Å². The number of anilines is 2. The first-order valence-corrected chi connectivity index (χ1v) is 7.92. The lowest BCUT2D eigenvalue weighted by Crippen LogP contribution is -2.40. The molecule has 1 heterocycles. The van der Waals surface area contributed by atoms with E-state index in [-0.39, 0.29) is 0 Å². The molecule has 118 valence electrons. The zero-order valence-electron chi connectivity index (χ0n) is 13.6. The summed E-state index contributed by atoms with van der Waals surface area (Å²) in [5.74, 6) is 1.95.